The summed E-state index contributed by atoms with van der Waals surface area (Å²) in [6.45, 7) is 3.34. The van der Waals surface area contributed by atoms with Crippen LogP contribution >= 0.6 is 0 Å². The van der Waals surface area contributed by atoms with Gasteiger partial charge in [-0.15, -0.1) is 0 Å². The van der Waals surface area contributed by atoms with Crippen LogP contribution < -0.4 is 10.6 Å². The van der Waals surface area contributed by atoms with E-state index in [1.165, 1.54) is 19.3 Å². The van der Waals surface area contributed by atoms with Crippen LogP contribution in [0.1, 0.15) is 24.8 Å². The van der Waals surface area contributed by atoms with Crippen LogP contribution in [0, 0.1) is 11.3 Å². The zero-order chi connectivity index (χ0) is 13.8. The lowest BCUT2D eigenvalue weighted by atomic mass is 9.92. The minimum absolute atomic E-state index is 0.301. The van der Waals surface area contributed by atoms with Gasteiger partial charge in [0.1, 0.15) is 6.61 Å². The first-order chi connectivity index (χ1) is 9.78. The minimum atomic E-state index is -0.301. The third kappa shape index (κ3) is 3.12. The molecule has 3 rings (SSSR count). The lowest BCUT2D eigenvalue weighted by Crippen LogP contribution is -2.32. The van der Waals surface area contributed by atoms with Gasteiger partial charge in [-0.1, -0.05) is 30.3 Å². The summed E-state index contributed by atoms with van der Waals surface area (Å²) in [5, 5.41) is 6.30. The number of nitrogens with one attached hydrogen (secondary N) is 2. The number of hydrogen-bond donors (Lipinski definition) is 2. The van der Waals surface area contributed by atoms with Crippen molar-refractivity contribution in [3.8, 4) is 0 Å². The number of alkyl carbamates (subject to hydrolysis) is 1. The van der Waals surface area contributed by atoms with E-state index >= 15 is 0 Å². The lowest BCUT2D eigenvalue weighted by Gasteiger charge is -2.23. The summed E-state index contributed by atoms with van der Waals surface area (Å²) in [4.78, 5) is 11.7. The predicted octanol–water partition coefficient (Wildman–Crippen LogP) is 2.30. The Hall–Kier alpha value is -1.55. The SMILES string of the molecule is O=C(NCC1CC12CCNCC2)OCc1ccccc1. The summed E-state index contributed by atoms with van der Waals surface area (Å²) in [6.07, 6.45) is 3.45. The summed E-state index contributed by atoms with van der Waals surface area (Å²) < 4.78 is 5.22. The fourth-order valence-electron chi connectivity index (χ4n) is 3.24. The highest BCUT2D eigenvalue weighted by Crippen LogP contribution is 2.58. The molecule has 1 saturated heterocycles. The van der Waals surface area contributed by atoms with Gasteiger partial charge in [0.15, 0.2) is 0 Å². The molecule has 1 spiro atoms. The van der Waals surface area contributed by atoms with Crippen LogP contribution in [0.2, 0.25) is 0 Å². The monoisotopic (exact) mass is 274 g/mol. The average Bonchev–Trinajstić information content (AvgIpc) is 3.16. The highest BCUT2D eigenvalue weighted by molar-refractivity contribution is 5.67. The molecule has 2 fully saturated rings. The van der Waals surface area contributed by atoms with Gasteiger partial charge in [-0.25, -0.2) is 4.79 Å². The van der Waals surface area contributed by atoms with E-state index in [1.54, 1.807) is 0 Å². The van der Waals surface area contributed by atoms with Crippen molar-refractivity contribution in [1.82, 2.24) is 10.6 Å². The molecular weight excluding hydrogens is 252 g/mol. The number of amides is 1. The quantitative estimate of drug-likeness (QED) is 0.886. The molecule has 1 saturated carbocycles. The number of carbonyl (C=O) groups excluding carboxylic acids is 1. The molecule has 1 heterocycles. The average molecular weight is 274 g/mol. The zero-order valence-corrected chi connectivity index (χ0v) is 11.7. The van der Waals surface area contributed by atoms with Crippen LogP contribution in [-0.4, -0.2) is 25.7 Å². The number of piperidine rings is 1. The second-order valence-electron chi connectivity index (χ2n) is 5.96. The Morgan fingerprint density at radius 2 is 2.05 bits per heavy atom. The van der Waals surface area contributed by atoms with Gasteiger partial charge in [0.25, 0.3) is 0 Å². The molecule has 0 radical (unpaired) electrons. The highest BCUT2D eigenvalue weighted by Gasteiger charge is 2.53. The molecular formula is C16H22N2O2. The van der Waals surface area contributed by atoms with Gasteiger partial charge in [-0.05, 0) is 49.2 Å². The molecule has 1 aliphatic heterocycles. The molecule has 1 atom stereocenters. The van der Waals surface area contributed by atoms with Crippen LogP contribution in [0.3, 0.4) is 0 Å². The van der Waals surface area contributed by atoms with Crippen molar-refractivity contribution in [3.63, 3.8) is 0 Å². The van der Waals surface area contributed by atoms with Gasteiger partial charge < -0.3 is 15.4 Å². The highest BCUT2D eigenvalue weighted by atomic mass is 16.5. The fraction of sp³-hybridized carbons (Fsp3) is 0.562. The molecule has 0 aromatic heterocycles. The normalized spacial score (nSPS) is 23.3. The van der Waals surface area contributed by atoms with Crippen LogP contribution in [0.15, 0.2) is 30.3 Å². The molecule has 2 aliphatic rings. The molecule has 1 aromatic carbocycles. The van der Waals surface area contributed by atoms with E-state index in [0.29, 0.717) is 17.9 Å². The molecule has 108 valence electrons. The molecule has 4 heteroatoms. The van der Waals surface area contributed by atoms with Gasteiger partial charge in [-0.2, -0.15) is 0 Å². The van der Waals surface area contributed by atoms with Crippen molar-refractivity contribution >= 4 is 6.09 Å². The van der Waals surface area contributed by atoms with E-state index in [4.69, 9.17) is 4.74 Å². The van der Waals surface area contributed by atoms with Crippen LogP contribution in [0.4, 0.5) is 4.79 Å². The van der Waals surface area contributed by atoms with E-state index in [-0.39, 0.29) is 6.09 Å². The third-order valence-corrected chi connectivity index (χ3v) is 4.66. The number of rotatable bonds is 4. The van der Waals surface area contributed by atoms with Crippen molar-refractivity contribution < 1.29 is 9.53 Å². The van der Waals surface area contributed by atoms with Gasteiger partial charge in [0, 0.05) is 6.54 Å². The minimum Gasteiger partial charge on any atom is -0.445 e. The predicted molar refractivity (Wildman–Crippen MR) is 77.3 cm³/mol. The van der Waals surface area contributed by atoms with Crippen LogP contribution in [0.5, 0.6) is 0 Å². The maximum atomic E-state index is 11.7. The molecule has 1 aromatic rings. The second-order valence-corrected chi connectivity index (χ2v) is 5.96. The van der Waals surface area contributed by atoms with Crippen LogP contribution in [0.25, 0.3) is 0 Å². The Bertz CT molecular complexity index is 455. The summed E-state index contributed by atoms with van der Waals surface area (Å²) in [7, 11) is 0. The molecule has 1 unspecified atom stereocenters. The summed E-state index contributed by atoms with van der Waals surface area (Å²) in [6, 6.07) is 9.76. The molecule has 4 nitrogen and oxygen atoms in total. The molecule has 1 amide bonds. The summed E-state index contributed by atoms with van der Waals surface area (Å²) in [5.41, 5.74) is 1.53. The molecule has 20 heavy (non-hydrogen) atoms. The third-order valence-electron chi connectivity index (χ3n) is 4.66. The van der Waals surface area contributed by atoms with Crippen molar-refractivity contribution in [2.24, 2.45) is 11.3 Å². The van der Waals surface area contributed by atoms with E-state index in [0.717, 1.165) is 25.2 Å². The number of hydrogen-bond acceptors (Lipinski definition) is 3. The molecule has 1 aliphatic carbocycles. The summed E-state index contributed by atoms with van der Waals surface area (Å²) >= 11 is 0. The van der Waals surface area contributed by atoms with Gasteiger partial charge >= 0.3 is 6.09 Å². The first kappa shape index (κ1) is 13.4. The Kier molecular flexibility index (Phi) is 3.92. The Morgan fingerprint density at radius 1 is 1.30 bits per heavy atom. The number of ether oxygens (including phenoxy) is 1. The topological polar surface area (TPSA) is 50.4 Å². The zero-order valence-electron chi connectivity index (χ0n) is 11.7. The first-order valence-corrected chi connectivity index (χ1v) is 7.44. The second kappa shape index (κ2) is 5.83. The molecule has 2 N–H and O–H groups in total. The Balaban J connectivity index is 1.36. The Labute approximate surface area is 119 Å². The van der Waals surface area contributed by atoms with Crippen molar-refractivity contribution in [2.45, 2.75) is 25.9 Å². The number of benzene rings is 1. The standard InChI is InChI=1S/C16H22N2O2/c19-15(20-12-13-4-2-1-3-5-13)18-11-14-10-16(14)6-8-17-9-7-16/h1-5,14,17H,6-12H2,(H,18,19). The lowest BCUT2D eigenvalue weighted by molar-refractivity contribution is 0.138. The van der Waals surface area contributed by atoms with Gasteiger partial charge in [0.2, 0.25) is 0 Å². The van der Waals surface area contributed by atoms with E-state index < -0.39 is 0 Å². The summed E-state index contributed by atoms with van der Waals surface area (Å²) in [5.74, 6) is 0.647. The number of carbonyl (C=O) groups is 1. The van der Waals surface area contributed by atoms with E-state index in [2.05, 4.69) is 10.6 Å². The first-order valence-electron chi connectivity index (χ1n) is 7.44. The van der Waals surface area contributed by atoms with Gasteiger partial charge in [-0.3, -0.25) is 0 Å². The van der Waals surface area contributed by atoms with E-state index in [9.17, 15) is 4.79 Å². The van der Waals surface area contributed by atoms with Crippen molar-refractivity contribution in [3.05, 3.63) is 35.9 Å². The van der Waals surface area contributed by atoms with Gasteiger partial charge in [0.05, 0.1) is 0 Å². The molecule has 0 bridgehead atoms. The Morgan fingerprint density at radius 3 is 2.80 bits per heavy atom. The maximum absolute atomic E-state index is 11.7. The van der Waals surface area contributed by atoms with Crippen molar-refractivity contribution in [2.75, 3.05) is 19.6 Å². The van der Waals surface area contributed by atoms with Crippen LogP contribution in [-0.2, 0) is 11.3 Å². The largest absolute Gasteiger partial charge is 0.445 e. The maximum Gasteiger partial charge on any atom is 0.407 e. The smallest absolute Gasteiger partial charge is 0.407 e. The van der Waals surface area contributed by atoms with Crippen molar-refractivity contribution in [1.29, 1.82) is 0 Å². The fourth-order valence-corrected chi connectivity index (χ4v) is 3.24. The van der Waals surface area contributed by atoms with E-state index in [1.807, 2.05) is 30.3 Å².